The molecule has 3 rings (SSSR count). The van der Waals surface area contributed by atoms with Crippen molar-refractivity contribution >= 4 is 44.7 Å². The number of hydrogen-bond acceptors (Lipinski definition) is 5. The molecule has 25 heavy (non-hydrogen) atoms. The highest BCUT2D eigenvalue weighted by molar-refractivity contribution is 7.18. The Balaban J connectivity index is 1.52. The molecule has 2 N–H and O–H groups in total. The summed E-state index contributed by atoms with van der Waals surface area (Å²) in [6.07, 6.45) is 0.939. The van der Waals surface area contributed by atoms with Crippen molar-refractivity contribution in [1.82, 2.24) is 15.6 Å². The molecule has 130 valence electrons. The van der Waals surface area contributed by atoms with Crippen LogP contribution in [0.2, 0.25) is 0 Å². The highest BCUT2D eigenvalue weighted by atomic mass is 32.1. The zero-order valence-electron chi connectivity index (χ0n) is 13.8. The van der Waals surface area contributed by atoms with Crippen LogP contribution in [-0.4, -0.2) is 23.3 Å². The third-order valence-corrected chi connectivity index (χ3v) is 5.74. The number of aromatic nitrogens is 1. The molecule has 0 radical (unpaired) electrons. The van der Waals surface area contributed by atoms with E-state index >= 15 is 0 Å². The maximum atomic E-state index is 12.2. The minimum absolute atomic E-state index is 0.0757. The lowest BCUT2D eigenvalue weighted by atomic mass is 10.1. The van der Waals surface area contributed by atoms with Crippen LogP contribution < -0.4 is 10.6 Å². The lowest BCUT2D eigenvalue weighted by Gasteiger charge is -2.16. The maximum Gasteiger partial charge on any atom is 0.222 e. The van der Waals surface area contributed by atoms with Gasteiger partial charge in [-0.15, -0.1) is 22.7 Å². The van der Waals surface area contributed by atoms with Crippen molar-refractivity contribution in [2.75, 3.05) is 6.54 Å². The van der Waals surface area contributed by atoms with Gasteiger partial charge in [0.1, 0.15) is 0 Å². The number of carbonyl (C=O) groups excluding carboxylic acids is 2. The number of para-hydroxylation sites is 1. The molecule has 0 unspecified atom stereocenters. The van der Waals surface area contributed by atoms with Gasteiger partial charge >= 0.3 is 0 Å². The Morgan fingerprint density at radius 2 is 2.04 bits per heavy atom. The second-order valence-electron chi connectivity index (χ2n) is 5.65. The van der Waals surface area contributed by atoms with Gasteiger partial charge in [0.25, 0.3) is 0 Å². The molecule has 0 aliphatic heterocycles. The summed E-state index contributed by atoms with van der Waals surface area (Å²) in [6.45, 7) is 2.00. The summed E-state index contributed by atoms with van der Waals surface area (Å²) in [5, 5.41) is 8.71. The first-order valence-electron chi connectivity index (χ1n) is 8.03. The lowest BCUT2D eigenvalue weighted by molar-refractivity contribution is -0.122. The molecule has 2 amide bonds. The van der Waals surface area contributed by atoms with Gasteiger partial charge in [-0.3, -0.25) is 9.59 Å². The summed E-state index contributed by atoms with van der Waals surface area (Å²) in [5.74, 6) is -0.214. The Bertz CT molecular complexity index is 825. The standard InChI is InChI=1S/C18H19N3O2S2/c1-12(22)20-14(15-7-4-10-24-15)11-17(23)19-9-8-18-21-13-5-2-3-6-16(13)25-18/h2-7,10,14H,8-9,11H2,1H3,(H,19,23)(H,20,22)/t14-/m1/s1. The second-order valence-corrected chi connectivity index (χ2v) is 7.74. The Hall–Kier alpha value is -2.25. The van der Waals surface area contributed by atoms with Crippen LogP contribution in [-0.2, 0) is 16.0 Å². The maximum absolute atomic E-state index is 12.2. The molecule has 0 aliphatic carbocycles. The first-order chi connectivity index (χ1) is 12.1. The fourth-order valence-electron chi connectivity index (χ4n) is 2.55. The van der Waals surface area contributed by atoms with Crippen molar-refractivity contribution in [3.8, 4) is 0 Å². The molecule has 2 aromatic heterocycles. The Kier molecular flexibility index (Phi) is 5.78. The lowest BCUT2D eigenvalue weighted by Crippen LogP contribution is -2.33. The number of fused-ring (bicyclic) bond motifs is 1. The van der Waals surface area contributed by atoms with Crippen molar-refractivity contribution < 1.29 is 9.59 Å². The minimum Gasteiger partial charge on any atom is -0.356 e. The Labute approximate surface area is 154 Å². The molecular formula is C18H19N3O2S2. The zero-order chi connectivity index (χ0) is 17.6. The largest absolute Gasteiger partial charge is 0.356 e. The number of rotatable bonds is 7. The van der Waals surface area contributed by atoms with Gasteiger partial charge in [0.05, 0.1) is 27.7 Å². The highest BCUT2D eigenvalue weighted by Crippen LogP contribution is 2.23. The molecule has 1 atom stereocenters. The third-order valence-electron chi connectivity index (χ3n) is 3.65. The highest BCUT2D eigenvalue weighted by Gasteiger charge is 2.17. The smallest absolute Gasteiger partial charge is 0.222 e. The Morgan fingerprint density at radius 1 is 1.20 bits per heavy atom. The van der Waals surface area contributed by atoms with Gasteiger partial charge in [0.15, 0.2) is 0 Å². The van der Waals surface area contributed by atoms with E-state index in [4.69, 9.17) is 0 Å². The monoisotopic (exact) mass is 373 g/mol. The van der Waals surface area contributed by atoms with Crippen molar-refractivity contribution in [2.24, 2.45) is 0 Å². The van der Waals surface area contributed by atoms with Gasteiger partial charge in [0, 0.05) is 24.8 Å². The van der Waals surface area contributed by atoms with E-state index in [-0.39, 0.29) is 24.3 Å². The van der Waals surface area contributed by atoms with E-state index in [0.29, 0.717) is 13.0 Å². The molecule has 1 aromatic carbocycles. The van der Waals surface area contributed by atoms with E-state index in [1.54, 1.807) is 11.3 Å². The fraction of sp³-hybridized carbons (Fsp3) is 0.278. The number of nitrogens with zero attached hydrogens (tertiary/aromatic N) is 1. The quantitative estimate of drug-likeness (QED) is 0.668. The molecule has 0 saturated carbocycles. The number of thiazole rings is 1. The van der Waals surface area contributed by atoms with E-state index in [2.05, 4.69) is 15.6 Å². The van der Waals surface area contributed by atoms with E-state index in [9.17, 15) is 9.59 Å². The Morgan fingerprint density at radius 3 is 2.76 bits per heavy atom. The number of thiophene rings is 1. The molecule has 2 heterocycles. The summed E-state index contributed by atoms with van der Waals surface area (Å²) in [4.78, 5) is 29.1. The minimum atomic E-state index is -0.278. The molecule has 0 bridgehead atoms. The van der Waals surface area contributed by atoms with E-state index in [1.807, 2.05) is 41.8 Å². The predicted molar refractivity (Wildman–Crippen MR) is 102 cm³/mol. The number of benzene rings is 1. The fourth-order valence-corrected chi connectivity index (χ4v) is 4.30. The van der Waals surface area contributed by atoms with Crippen LogP contribution in [0.4, 0.5) is 0 Å². The zero-order valence-corrected chi connectivity index (χ0v) is 15.5. The van der Waals surface area contributed by atoms with Crippen LogP contribution in [0.1, 0.15) is 29.3 Å². The molecule has 0 saturated heterocycles. The number of carbonyl (C=O) groups is 2. The van der Waals surface area contributed by atoms with Crippen LogP contribution in [0.15, 0.2) is 41.8 Å². The molecular weight excluding hydrogens is 354 g/mol. The molecule has 3 aromatic rings. The number of nitrogens with one attached hydrogen (secondary N) is 2. The summed E-state index contributed by atoms with van der Waals surface area (Å²) in [7, 11) is 0. The van der Waals surface area contributed by atoms with Gasteiger partial charge in [0.2, 0.25) is 11.8 Å². The van der Waals surface area contributed by atoms with E-state index < -0.39 is 0 Å². The normalized spacial score (nSPS) is 12.0. The summed E-state index contributed by atoms with van der Waals surface area (Å²) >= 11 is 3.19. The van der Waals surface area contributed by atoms with Crippen LogP contribution in [0.25, 0.3) is 10.2 Å². The molecule has 5 nitrogen and oxygen atoms in total. The van der Waals surface area contributed by atoms with Crippen LogP contribution in [0.5, 0.6) is 0 Å². The van der Waals surface area contributed by atoms with Crippen molar-refractivity contribution in [1.29, 1.82) is 0 Å². The van der Waals surface area contributed by atoms with Crippen LogP contribution in [0, 0.1) is 0 Å². The molecule has 7 heteroatoms. The summed E-state index contributed by atoms with van der Waals surface area (Å²) in [6, 6.07) is 11.6. The molecule has 0 spiro atoms. The number of amides is 2. The number of hydrogen-bond donors (Lipinski definition) is 2. The van der Waals surface area contributed by atoms with E-state index in [0.717, 1.165) is 20.1 Å². The molecule has 0 aliphatic rings. The first-order valence-corrected chi connectivity index (χ1v) is 9.73. The van der Waals surface area contributed by atoms with Crippen molar-refractivity contribution in [3.05, 3.63) is 51.7 Å². The van der Waals surface area contributed by atoms with Crippen LogP contribution >= 0.6 is 22.7 Å². The SMILES string of the molecule is CC(=O)N[C@H](CC(=O)NCCc1nc2ccccc2s1)c1cccs1. The van der Waals surface area contributed by atoms with Crippen LogP contribution in [0.3, 0.4) is 0 Å². The van der Waals surface area contributed by atoms with Gasteiger partial charge in [-0.1, -0.05) is 18.2 Å². The van der Waals surface area contributed by atoms with Gasteiger partial charge < -0.3 is 10.6 Å². The predicted octanol–water partition coefficient (Wildman–Crippen LogP) is 3.28. The summed E-state index contributed by atoms with van der Waals surface area (Å²) in [5.41, 5.74) is 0.997. The molecule has 0 fully saturated rings. The average Bonchev–Trinajstić information content (AvgIpc) is 3.23. The van der Waals surface area contributed by atoms with Gasteiger partial charge in [-0.05, 0) is 23.6 Å². The average molecular weight is 374 g/mol. The van der Waals surface area contributed by atoms with Gasteiger partial charge in [-0.25, -0.2) is 4.98 Å². The topological polar surface area (TPSA) is 71.1 Å². The van der Waals surface area contributed by atoms with Crippen molar-refractivity contribution in [2.45, 2.75) is 25.8 Å². The van der Waals surface area contributed by atoms with Crippen molar-refractivity contribution in [3.63, 3.8) is 0 Å². The van der Waals surface area contributed by atoms with E-state index in [1.165, 1.54) is 18.3 Å². The third kappa shape index (κ3) is 4.87. The van der Waals surface area contributed by atoms with Gasteiger partial charge in [-0.2, -0.15) is 0 Å². The first kappa shape index (κ1) is 17.6. The second kappa shape index (κ2) is 8.22. The summed E-state index contributed by atoms with van der Waals surface area (Å²) < 4.78 is 1.16.